The molecular formula is C13H16N2OS. The molecule has 0 radical (unpaired) electrons. The Morgan fingerprint density at radius 2 is 2.12 bits per heavy atom. The Kier molecular flexibility index (Phi) is 3.84. The summed E-state index contributed by atoms with van der Waals surface area (Å²) >= 11 is 1.60. The molecule has 0 amide bonds. The maximum atomic E-state index is 12.1. The number of Topliss-reactive ketones (excluding diaryl/α,β-unsaturated/α-hetero) is 1. The van der Waals surface area contributed by atoms with Crippen LogP contribution in [0.2, 0.25) is 0 Å². The Morgan fingerprint density at radius 3 is 2.76 bits per heavy atom. The number of rotatable bonds is 3. The number of carbonyl (C=O) groups is 1. The highest BCUT2D eigenvalue weighted by atomic mass is 32.2. The van der Waals surface area contributed by atoms with Crippen LogP contribution in [0.25, 0.3) is 0 Å². The molecule has 0 aliphatic carbocycles. The molecular weight excluding hydrogens is 232 g/mol. The van der Waals surface area contributed by atoms with E-state index in [4.69, 9.17) is 0 Å². The zero-order valence-electron chi connectivity index (χ0n) is 10.1. The van der Waals surface area contributed by atoms with Crippen LogP contribution >= 0.6 is 11.8 Å². The summed E-state index contributed by atoms with van der Waals surface area (Å²) in [7, 11) is 0. The normalized spacial score (nSPS) is 14.9. The smallest absolute Gasteiger partial charge is 0.182 e. The maximum absolute atomic E-state index is 12.1. The van der Waals surface area contributed by atoms with E-state index in [-0.39, 0.29) is 5.78 Å². The van der Waals surface area contributed by atoms with Crippen molar-refractivity contribution in [2.24, 2.45) is 4.99 Å². The molecule has 0 N–H and O–H groups in total. The van der Waals surface area contributed by atoms with Crippen molar-refractivity contribution in [1.29, 1.82) is 0 Å². The van der Waals surface area contributed by atoms with Gasteiger partial charge in [0.05, 0.1) is 13.1 Å². The predicted molar refractivity (Wildman–Crippen MR) is 72.9 cm³/mol. The maximum Gasteiger partial charge on any atom is 0.182 e. The van der Waals surface area contributed by atoms with Crippen LogP contribution in [0.5, 0.6) is 0 Å². The fraction of sp³-hybridized carbons (Fsp3) is 0.385. The first kappa shape index (κ1) is 12.2. The fourth-order valence-electron chi connectivity index (χ4n) is 1.81. The van der Waals surface area contributed by atoms with Crippen LogP contribution in [-0.4, -0.2) is 41.7 Å². The topological polar surface area (TPSA) is 32.7 Å². The molecule has 0 spiro atoms. The molecule has 1 aromatic rings. The van der Waals surface area contributed by atoms with Crippen LogP contribution in [0.3, 0.4) is 0 Å². The van der Waals surface area contributed by atoms with Crippen molar-refractivity contribution in [2.75, 3.05) is 25.9 Å². The highest BCUT2D eigenvalue weighted by molar-refractivity contribution is 8.13. The van der Waals surface area contributed by atoms with E-state index < -0.39 is 0 Å². The third kappa shape index (κ3) is 2.88. The highest BCUT2D eigenvalue weighted by Crippen LogP contribution is 2.13. The van der Waals surface area contributed by atoms with E-state index in [0.717, 1.165) is 23.8 Å². The molecule has 0 aromatic heterocycles. The lowest BCUT2D eigenvalue weighted by Crippen LogP contribution is -2.31. The standard InChI is InChI=1S/C13H16N2OS/c1-10-3-5-11(6-4-10)12(16)9-15-8-7-14-13(15)17-2/h3-6H,7-9H2,1-2H3. The van der Waals surface area contributed by atoms with E-state index in [9.17, 15) is 4.79 Å². The second-order valence-electron chi connectivity index (χ2n) is 4.08. The SMILES string of the molecule is CSC1=NCCN1CC(=O)c1ccc(C)cc1. The quantitative estimate of drug-likeness (QED) is 0.769. The third-order valence-electron chi connectivity index (χ3n) is 2.78. The number of aryl methyl sites for hydroxylation is 1. The van der Waals surface area contributed by atoms with Crippen molar-refractivity contribution in [3.05, 3.63) is 35.4 Å². The monoisotopic (exact) mass is 248 g/mol. The molecule has 90 valence electrons. The van der Waals surface area contributed by atoms with Gasteiger partial charge in [-0.05, 0) is 13.2 Å². The predicted octanol–water partition coefficient (Wildman–Crippen LogP) is 2.21. The Hall–Kier alpha value is -1.29. The second kappa shape index (κ2) is 5.36. The lowest BCUT2D eigenvalue weighted by atomic mass is 10.1. The number of ketones is 1. The van der Waals surface area contributed by atoms with Crippen molar-refractivity contribution in [3.8, 4) is 0 Å². The van der Waals surface area contributed by atoms with Gasteiger partial charge in [-0.3, -0.25) is 9.79 Å². The molecule has 0 fully saturated rings. The first-order chi connectivity index (χ1) is 8.20. The van der Waals surface area contributed by atoms with E-state index in [1.807, 2.05) is 42.3 Å². The summed E-state index contributed by atoms with van der Waals surface area (Å²) in [4.78, 5) is 18.5. The lowest BCUT2D eigenvalue weighted by Gasteiger charge is -2.17. The number of carbonyl (C=O) groups excluding carboxylic acids is 1. The first-order valence-electron chi connectivity index (χ1n) is 5.64. The van der Waals surface area contributed by atoms with Crippen LogP contribution < -0.4 is 0 Å². The van der Waals surface area contributed by atoms with E-state index in [0.29, 0.717) is 6.54 Å². The molecule has 0 unspecified atom stereocenters. The van der Waals surface area contributed by atoms with E-state index in [1.54, 1.807) is 11.8 Å². The lowest BCUT2D eigenvalue weighted by molar-refractivity contribution is 0.0967. The van der Waals surface area contributed by atoms with Crippen molar-refractivity contribution in [3.63, 3.8) is 0 Å². The van der Waals surface area contributed by atoms with E-state index in [2.05, 4.69) is 4.99 Å². The summed E-state index contributed by atoms with van der Waals surface area (Å²) in [6.07, 6.45) is 1.99. The molecule has 1 heterocycles. The molecule has 0 bridgehead atoms. The Labute approximate surface area is 106 Å². The molecule has 0 saturated heterocycles. The van der Waals surface area contributed by atoms with Gasteiger partial charge < -0.3 is 4.90 Å². The second-order valence-corrected chi connectivity index (χ2v) is 4.85. The van der Waals surface area contributed by atoms with Gasteiger partial charge >= 0.3 is 0 Å². The summed E-state index contributed by atoms with van der Waals surface area (Å²) in [5, 5.41) is 0.977. The minimum atomic E-state index is 0.161. The van der Waals surface area contributed by atoms with Gasteiger partial charge in [0.1, 0.15) is 0 Å². The van der Waals surface area contributed by atoms with E-state index >= 15 is 0 Å². The summed E-state index contributed by atoms with van der Waals surface area (Å²) in [5.41, 5.74) is 1.96. The highest BCUT2D eigenvalue weighted by Gasteiger charge is 2.19. The van der Waals surface area contributed by atoms with Crippen molar-refractivity contribution in [1.82, 2.24) is 4.90 Å². The molecule has 0 saturated carbocycles. The summed E-state index contributed by atoms with van der Waals surface area (Å²) in [6, 6.07) is 7.73. The number of benzene rings is 1. The number of aliphatic imine (C=N–C) groups is 1. The number of hydrogen-bond donors (Lipinski definition) is 0. The minimum absolute atomic E-state index is 0.161. The van der Waals surface area contributed by atoms with Gasteiger partial charge in [0.25, 0.3) is 0 Å². The average Bonchev–Trinajstić information content (AvgIpc) is 2.77. The Balaban J connectivity index is 2.02. The zero-order chi connectivity index (χ0) is 12.3. The van der Waals surface area contributed by atoms with Gasteiger partial charge in [-0.1, -0.05) is 41.6 Å². The van der Waals surface area contributed by atoms with Gasteiger partial charge in [0.15, 0.2) is 11.0 Å². The molecule has 1 aliphatic heterocycles. The van der Waals surface area contributed by atoms with Crippen LogP contribution in [0, 0.1) is 6.92 Å². The third-order valence-corrected chi connectivity index (χ3v) is 3.53. The average molecular weight is 248 g/mol. The fourth-order valence-corrected chi connectivity index (χ4v) is 2.44. The Bertz CT molecular complexity index is 439. The van der Waals surface area contributed by atoms with Gasteiger partial charge in [0, 0.05) is 12.1 Å². The molecule has 17 heavy (non-hydrogen) atoms. The molecule has 1 aliphatic rings. The minimum Gasteiger partial charge on any atom is -0.342 e. The largest absolute Gasteiger partial charge is 0.342 e. The van der Waals surface area contributed by atoms with Crippen LogP contribution in [0.1, 0.15) is 15.9 Å². The Morgan fingerprint density at radius 1 is 1.41 bits per heavy atom. The van der Waals surface area contributed by atoms with Crippen molar-refractivity contribution >= 4 is 22.7 Å². The van der Waals surface area contributed by atoms with Crippen LogP contribution in [-0.2, 0) is 0 Å². The zero-order valence-corrected chi connectivity index (χ0v) is 11.0. The molecule has 1 aromatic carbocycles. The van der Waals surface area contributed by atoms with Gasteiger partial charge in [-0.2, -0.15) is 0 Å². The first-order valence-corrected chi connectivity index (χ1v) is 6.86. The van der Waals surface area contributed by atoms with Crippen molar-refractivity contribution in [2.45, 2.75) is 6.92 Å². The number of hydrogen-bond acceptors (Lipinski definition) is 4. The summed E-state index contributed by atoms with van der Waals surface area (Å²) in [5.74, 6) is 0.161. The number of thioether (sulfide) groups is 1. The molecule has 2 rings (SSSR count). The van der Waals surface area contributed by atoms with Crippen molar-refractivity contribution < 1.29 is 4.79 Å². The molecule has 3 nitrogen and oxygen atoms in total. The van der Waals surface area contributed by atoms with Gasteiger partial charge in [0.2, 0.25) is 0 Å². The summed E-state index contributed by atoms with van der Waals surface area (Å²) < 4.78 is 0. The van der Waals surface area contributed by atoms with Crippen LogP contribution in [0.15, 0.2) is 29.3 Å². The summed E-state index contributed by atoms with van der Waals surface area (Å²) in [6.45, 7) is 4.11. The number of amidine groups is 1. The van der Waals surface area contributed by atoms with Gasteiger partial charge in [-0.25, -0.2) is 0 Å². The molecule has 0 atom stereocenters. The number of nitrogens with zero attached hydrogens (tertiary/aromatic N) is 2. The molecule has 4 heteroatoms. The van der Waals surface area contributed by atoms with E-state index in [1.165, 1.54) is 5.56 Å². The van der Waals surface area contributed by atoms with Crippen LogP contribution in [0.4, 0.5) is 0 Å². The van der Waals surface area contributed by atoms with Gasteiger partial charge in [-0.15, -0.1) is 0 Å².